The Kier molecular flexibility index (Phi) is 3.85. The quantitative estimate of drug-likeness (QED) is 0.830. The van der Waals surface area contributed by atoms with Crippen LogP contribution >= 0.6 is 0 Å². The van der Waals surface area contributed by atoms with Gasteiger partial charge in [0.05, 0.1) is 6.54 Å². The van der Waals surface area contributed by atoms with E-state index in [0.717, 1.165) is 18.6 Å². The Balaban J connectivity index is 1.41. The second-order valence-electron chi connectivity index (χ2n) is 4.95. The summed E-state index contributed by atoms with van der Waals surface area (Å²) < 4.78 is 23.2. The molecule has 1 aliphatic rings. The van der Waals surface area contributed by atoms with Gasteiger partial charge in [0.2, 0.25) is 0 Å². The second kappa shape index (κ2) is 5.95. The molecule has 0 saturated heterocycles. The SMILES string of the molecule is O=C(NCCOc1ccc(F)cc1)c1cc(C2CC2)on1. The monoisotopic (exact) mass is 290 g/mol. The van der Waals surface area contributed by atoms with E-state index in [9.17, 15) is 9.18 Å². The van der Waals surface area contributed by atoms with Crippen LogP contribution in [-0.4, -0.2) is 24.2 Å². The van der Waals surface area contributed by atoms with Crippen LogP contribution in [0.3, 0.4) is 0 Å². The number of aromatic nitrogens is 1. The van der Waals surface area contributed by atoms with E-state index in [1.807, 2.05) is 0 Å². The highest BCUT2D eigenvalue weighted by atomic mass is 19.1. The van der Waals surface area contributed by atoms with Gasteiger partial charge in [0.15, 0.2) is 5.69 Å². The highest BCUT2D eigenvalue weighted by Gasteiger charge is 2.28. The van der Waals surface area contributed by atoms with Crippen LogP contribution in [0.4, 0.5) is 4.39 Å². The molecule has 1 N–H and O–H groups in total. The van der Waals surface area contributed by atoms with Crippen molar-refractivity contribution in [1.29, 1.82) is 0 Å². The molecule has 0 unspecified atom stereocenters. The molecule has 0 bridgehead atoms. The smallest absolute Gasteiger partial charge is 0.273 e. The van der Waals surface area contributed by atoms with Gasteiger partial charge in [-0.25, -0.2) is 4.39 Å². The molecule has 5 nitrogen and oxygen atoms in total. The lowest BCUT2D eigenvalue weighted by molar-refractivity contribution is 0.0938. The summed E-state index contributed by atoms with van der Waals surface area (Å²) in [6, 6.07) is 7.41. The van der Waals surface area contributed by atoms with Crippen molar-refractivity contribution in [2.75, 3.05) is 13.2 Å². The highest BCUT2D eigenvalue weighted by Crippen LogP contribution is 2.40. The molecule has 1 aliphatic carbocycles. The Morgan fingerprint density at radius 2 is 2.14 bits per heavy atom. The van der Waals surface area contributed by atoms with E-state index in [0.29, 0.717) is 30.5 Å². The van der Waals surface area contributed by atoms with Crippen LogP contribution in [0.15, 0.2) is 34.9 Å². The number of carbonyl (C=O) groups is 1. The predicted octanol–water partition coefficient (Wildman–Crippen LogP) is 2.50. The van der Waals surface area contributed by atoms with Crippen molar-refractivity contribution in [2.45, 2.75) is 18.8 Å². The zero-order valence-corrected chi connectivity index (χ0v) is 11.3. The summed E-state index contributed by atoms with van der Waals surface area (Å²) in [6.45, 7) is 0.631. The van der Waals surface area contributed by atoms with E-state index in [-0.39, 0.29) is 11.7 Å². The van der Waals surface area contributed by atoms with Crippen LogP contribution in [0.5, 0.6) is 5.75 Å². The number of nitrogens with zero attached hydrogens (tertiary/aromatic N) is 1. The molecule has 2 aromatic rings. The molecule has 0 radical (unpaired) electrons. The minimum absolute atomic E-state index is 0.284. The van der Waals surface area contributed by atoms with Gasteiger partial charge in [-0.15, -0.1) is 0 Å². The maximum absolute atomic E-state index is 12.7. The van der Waals surface area contributed by atoms with Crippen molar-refractivity contribution in [3.63, 3.8) is 0 Å². The molecule has 1 fully saturated rings. The highest BCUT2D eigenvalue weighted by molar-refractivity contribution is 5.92. The van der Waals surface area contributed by atoms with Gasteiger partial charge in [-0.3, -0.25) is 4.79 Å². The lowest BCUT2D eigenvalue weighted by Crippen LogP contribution is -2.28. The van der Waals surface area contributed by atoms with E-state index in [2.05, 4.69) is 10.5 Å². The summed E-state index contributed by atoms with van der Waals surface area (Å²) in [7, 11) is 0. The Morgan fingerprint density at radius 3 is 2.86 bits per heavy atom. The zero-order chi connectivity index (χ0) is 14.7. The van der Waals surface area contributed by atoms with Gasteiger partial charge in [-0.1, -0.05) is 5.16 Å². The molecule has 1 amide bonds. The fourth-order valence-electron chi connectivity index (χ4n) is 1.91. The first kappa shape index (κ1) is 13.6. The molecule has 0 aliphatic heterocycles. The molecule has 0 atom stereocenters. The lowest BCUT2D eigenvalue weighted by Gasteiger charge is -2.06. The maximum atomic E-state index is 12.7. The Hall–Kier alpha value is -2.37. The second-order valence-corrected chi connectivity index (χ2v) is 4.95. The fourth-order valence-corrected chi connectivity index (χ4v) is 1.91. The number of halogens is 1. The molecule has 1 saturated carbocycles. The number of nitrogens with one attached hydrogen (secondary N) is 1. The minimum atomic E-state index is -0.312. The van der Waals surface area contributed by atoms with Crippen molar-refractivity contribution in [1.82, 2.24) is 10.5 Å². The average Bonchev–Trinajstić information content (AvgIpc) is 3.22. The third kappa shape index (κ3) is 3.59. The number of hydrogen-bond donors (Lipinski definition) is 1. The molecule has 3 rings (SSSR count). The topological polar surface area (TPSA) is 64.4 Å². The van der Waals surface area contributed by atoms with Crippen molar-refractivity contribution in [3.8, 4) is 5.75 Å². The summed E-state index contributed by atoms with van der Waals surface area (Å²) in [4.78, 5) is 11.8. The molecule has 110 valence electrons. The number of benzene rings is 1. The van der Waals surface area contributed by atoms with Crippen molar-refractivity contribution in [2.24, 2.45) is 0 Å². The van der Waals surface area contributed by atoms with Gasteiger partial charge in [-0.2, -0.15) is 0 Å². The Bertz CT molecular complexity index is 620. The number of carbonyl (C=O) groups excluding carboxylic acids is 1. The summed E-state index contributed by atoms with van der Waals surface area (Å²) in [6.07, 6.45) is 2.20. The number of amides is 1. The van der Waals surface area contributed by atoms with Gasteiger partial charge in [-0.05, 0) is 37.1 Å². The van der Waals surface area contributed by atoms with E-state index in [4.69, 9.17) is 9.26 Å². The van der Waals surface area contributed by atoms with E-state index < -0.39 is 0 Å². The fraction of sp³-hybridized carbons (Fsp3) is 0.333. The normalized spacial score (nSPS) is 14.0. The van der Waals surface area contributed by atoms with Gasteiger partial charge >= 0.3 is 0 Å². The van der Waals surface area contributed by atoms with Gasteiger partial charge < -0.3 is 14.6 Å². The van der Waals surface area contributed by atoms with E-state index >= 15 is 0 Å². The molecule has 1 aromatic heterocycles. The van der Waals surface area contributed by atoms with Crippen molar-refractivity contribution >= 4 is 5.91 Å². The molecular weight excluding hydrogens is 275 g/mol. The lowest BCUT2D eigenvalue weighted by atomic mass is 10.3. The third-order valence-electron chi connectivity index (χ3n) is 3.21. The first-order chi connectivity index (χ1) is 10.2. The molecule has 0 spiro atoms. The summed E-state index contributed by atoms with van der Waals surface area (Å²) in [5, 5.41) is 6.45. The number of rotatable bonds is 6. The number of hydrogen-bond acceptors (Lipinski definition) is 4. The van der Waals surface area contributed by atoms with Crippen LogP contribution in [0.25, 0.3) is 0 Å². The molecule has 1 aromatic carbocycles. The largest absolute Gasteiger partial charge is 0.492 e. The van der Waals surface area contributed by atoms with E-state index in [1.54, 1.807) is 6.07 Å². The Labute approximate surface area is 121 Å². The molecule has 1 heterocycles. The van der Waals surface area contributed by atoms with Gasteiger partial charge in [0.25, 0.3) is 5.91 Å². The van der Waals surface area contributed by atoms with Crippen LogP contribution in [0.1, 0.15) is 35.0 Å². The van der Waals surface area contributed by atoms with Crippen LogP contribution in [0, 0.1) is 5.82 Å². The summed E-state index contributed by atoms with van der Waals surface area (Å²) in [5.74, 6) is 1.17. The van der Waals surface area contributed by atoms with Crippen molar-refractivity contribution in [3.05, 3.63) is 47.6 Å². The van der Waals surface area contributed by atoms with Crippen LogP contribution < -0.4 is 10.1 Å². The summed E-state index contributed by atoms with van der Waals surface area (Å²) >= 11 is 0. The molecule has 21 heavy (non-hydrogen) atoms. The molecule has 6 heteroatoms. The van der Waals surface area contributed by atoms with Gasteiger partial charge in [0, 0.05) is 12.0 Å². The van der Waals surface area contributed by atoms with E-state index in [1.165, 1.54) is 24.3 Å². The van der Waals surface area contributed by atoms with Crippen molar-refractivity contribution < 1.29 is 18.4 Å². The maximum Gasteiger partial charge on any atom is 0.273 e. The Morgan fingerprint density at radius 1 is 1.38 bits per heavy atom. The first-order valence-electron chi connectivity index (χ1n) is 6.85. The third-order valence-corrected chi connectivity index (χ3v) is 3.21. The standard InChI is InChI=1S/C15H15FN2O3/c16-11-3-5-12(6-4-11)20-8-7-17-15(19)13-9-14(21-18-13)10-1-2-10/h3-6,9-10H,1-2,7-8H2,(H,17,19). The average molecular weight is 290 g/mol. The number of ether oxygens (including phenoxy) is 1. The molecular formula is C15H15FN2O3. The minimum Gasteiger partial charge on any atom is -0.492 e. The predicted molar refractivity (Wildman–Crippen MR) is 72.7 cm³/mol. The first-order valence-corrected chi connectivity index (χ1v) is 6.85. The van der Waals surface area contributed by atoms with Crippen LogP contribution in [0.2, 0.25) is 0 Å². The van der Waals surface area contributed by atoms with Gasteiger partial charge in [0.1, 0.15) is 23.9 Å². The zero-order valence-electron chi connectivity index (χ0n) is 11.3. The van der Waals surface area contributed by atoms with Crippen LogP contribution in [-0.2, 0) is 0 Å². The summed E-state index contributed by atoms with van der Waals surface area (Å²) in [5.41, 5.74) is 0.290.